The van der Waals surface area contributed by atoms with Crippen molar-refractivity contribution in [2.75, 3.05) is 0 Å². The van der Waals surface area contributed by atoms with Gasteiger partial charge in [0, 0.05) is 22.7 Å². The second-order valence-corrected chi connectivity index (χ2v) is 7.49. The average molecular weight is 405 g/mol. The first-order valence-electron chi connectivity index (χ1n) is 9.17. The topological polar surface area (TPSA) is 139 Å². The molecule has 1 amide bonds. The molecule has 0 saturated heterocycles. The summed E-state index contributed by atoms with van der Waals surface area (Å²) in [7, 11) is 0. The summed E-state index contributed by atoms with van der Waals surface area (Å²) in [6.07, 6.45) is 6.22. The monoisotopic (exact) mass is 405 g/mol. The van der Waals surface area contributed by atoms with Crippen LogP contribution >= 0.6 is 0 Å². The number of H-pyrrole nitrogens is 1. The molecule has 0 atom stereocenters. The van der Waals surface area contributed by atoms with E-state index in [9.17, 15) is 9.59 Å². The van der Waals surface area contributed by atoms with Crippen molar-refractivity contribution in [2.45, 2.75) is 25.8 Å². The summed E-state index contributed by atoms with van der Waals surface area (Å²) in [5, 5.41) is 28.1. The first-order valence-corrected chi connectivity index (χ1v) is 9.17. The van der Waals surface area contributed by atoms with E-state index >= 15 is 0 Å². The molecule has 30 heavy (non-hydrogen) atoms. The number of carboxylic acid groups (broad SMARTS) is 1. The van der Waals surface area contributed by atoms with E-state index in [2.05, 4.69) is 30.8 Å². The molecule has 0 radical (unpaired) electrons. The van der Waals surface area contributed by atoms with Crippen molar-refractivity contribution >= 4 is 22.8 Å². The van der Waals surface area contributed by atoms with Crippen LogP contribution in [-0.4, -0.2) is 52.7 Å². The van der Waals surface area contributed by atoms with E-state index in [1.807, 2.05) is 18.2 Å². The Morgan fingerprint density at radius 3 is 2.87 bits per heavy atom. The van der Waals surface area contributed by atoms with E-state index < -0.39 is 17.4 Å². The van der Waals surface area contributed by atoms with Gasteiger partial charge in [0.2, 0.25) is 0 Å². The molecule has 10 nitrogen and oxygen atoms in total. The fourth-order valence-corrected chi connectivity index (χ4v) is 3.25. The van der Waals surface area contributed by atoms with Crippen molar-refractivity contribution < 1.29 is 14.7 Å². The van der Waals surface area contributed by atoms with E-state index in [1.54, 1.807) is 32.3 Å². The molecule has 0 bridgehead atoms. The lowest BCUT2D eigenvalue weighted by atomic mass is 10.00. The van der Waals surface area contributed by atoms with Crippen LogP contribution in [0.2, 0.25) is 0 Å². The van der Waals surface area contributed by atoms with Gasteiger partial charge < -0.3 is 10.4 Å². The van der Waals surface area contributed by atoms with Gasteiger partial charge in [-0.1, -0.05) is 17.3 Å². The van der Waals surface area contributed by atoms with Crippen molar-refractivity contribution in [3.05, 3.63) is 54.6 Å². The molecule has 4 rings (SSSR count). The standard InChI is InChI=1S/C20H19N7O3/c1-20(2,8-18(28)29)23-19(30)13-6-7-21-10-17(13)27-11-16(25-26-27)12-4-3-5-15-14(12)9-22-24-15/h3-7,9-11H,8H2,1-2H3,(H,22,24)(H,23,30)(H,28,29). The molecule has 0 saturated carbocycles. The van der Waals surface area contributed by atoms with Crippen LogP contribution < -0.4 is 5.32 Å². The van der Waals surface area contributed by atoms with Crippen LogP contribution in [0, 0.1) is 0 Å². The number of fused-ring (bicyclic) bond motifs is 1. The molecular weight excluding hydrogens is 386 g/mol. The normalized spacial score (nSPS) is 11.5. The summed E-state index contributed by atoms with van der Waals surface area (Å²) in [4.78, 5) is 28.0. The lowest BCUT2D eigenvalue weighted by Gasteiger charge is -2.24. The molecule has 0 aliphatic rings. The minimum Gasteiger partial charge on any atom is -0.481 e. The highest BCUT2D eigenvalue weighted by atomic mass is 16.4. The first-order chi connectivity index (χ1) is 14.3. The largest absolute Gasteiger partial charge is 0.481 e. The van der Waals surface area contributed by atoms with Crippen LogP contribution in [0.15, 0.2) is 49.1 Å². The summed E-state index contributed by atoms with van der Waals surface area (Å²) in [6.45, 7) is 3.30. The van der Waals surface area contributed by atoms with Gasteiger partial charge in [-0.15, -0.1) is 5.10 Å². The first kappa shape index (κ1) is 19.2. The molecule has 0 spiro atoms. The summed E-state index contributed by atoms with van der Waals surface area (Å²) >= 11 is 0. The highest BCUT2D eigenvalue weighted by Gasteiger charge is 2.26. The number of amides is 1. The summed E-state index contributed by atoms with van der Waals surface area (Å²) in [6, 6.07) is 7.28. The molecule has 4 aromatic rings. The molecule has 3 heterocycles. The summed E-state index contributed by atoms with van der Waals surface area (Å²) in [5.74, 6) is -1.42. The van der Waals surface area contributed by atoms with E-state index in [0.717, 1.165) is 16.5 Å². The Labute approximate surface area is 170 Å². The summed E-state index contributed by atoms with van der Waals surface area (Å²) < 4.78 is 1.47. The van der Waals surface area contributed by atoms with Crippen LogP contribution in [0.3, 0.4) is 0 Å². The number of nitrogens with one attached hydrogen (secondary N) is 2. The Balaban J connectivity index is 1.67. The van der Waals surface area contributed by atoms with Gasteiger partial charge >= 0.3 is 5.97 Å². The van der Waals surface area contributed by atoms with Crippen molar-refractivity contribution in [1.82, 2.24) is 35.5 Å². The fourth-order valence-electron chi connectivity index (χ4n) is 3.25. The van der Waals surface area contributed by atoms with Crippen molar-refractivity contribution in [3.8, 4) is 16.9 Å². The average Bonchev–Trinajstić information content (AvgIpc) is 3.36. The molecule has 0 fully saturated rings. The van der Waals surface area contributed by atoms with Gasteiger partial charge in [0.25, 0.3) is 5.91 Å². The maximum Gasteiger partial charge on any atom is 0.305 e. The third-order valence-electron chi connectivity index (χ3n) is 4.59. The number of hydrogen-bond acceptors (Lipinski definition) is 6. The van der Waals surface area contributed by atoms with Crippen LogP contribution in [0.4, 0.5) is 0 Å². The molecule has 3 aromatic heterocycles. The lowest BCUT2D eigenvalue weighted by Crippen LogP contribution is -2.45. The van der Waals surface area contributed by atoms with Gasteiger partial charge in [0.1, 0.15) is 5.69 Å². The number of pyridine rings is 1. The number of aromatic amines is 1. The van der Waals surface area contributed by atoms with Gasteiger partial charge in [-0.25, -0.2) is 4.68 Å². The van der Waals surface area contributed by atoms with Gasteiger partial charge in [-0.3, -0.25) is 19.7 Å². The van der Waals surface area contributed by atoms with Crippen LogP contribution in [0.5, 0.6) is 0 Å². The predicted octanol–water partition coefficient (Wildman–Crippen LogP) is 2.19. The Kier molecular flexibility index (Phi) is 4.74. The maximum atomic E-state index is 12.8. The number of aliphatic carboxylic acids is 1. The minimum atomic E-state index is -0.996. The predicted molar refractivity (Wildman–Crippen MR) is 108 cm³/mol. The molecule has 10 heteroatoms. The highest BCUT2D eigenvalue weighted by Crippen LogP contribution is 2.26. The Morgan fingerprint density at radius 1 is 1.23 bits per heavy atom. The Morgan fingerprint density at radius 2 is 2.07 bits per heavy atom. The molecule has 152 valence electrons. The molecular formula is C20H19N7O3. The number of carbonyl (C=O) groups excluding carboxylic acids is 1. The number of aromatic nitrogens is 6. The zero-order valence-corrected chi connectivity index (χ0v) is 16.3. The molecule has 1 aromatic carbocycles. The van der Waals surface area contributed by atoms with Gasteiger partial charge in [-0.2, -0.15) is 5.10 Å². The molecule has 0 aliphatic heterocycles. The van der Waals surface area contributed by atoms with E-state index in [1.165, 1.54) is 17.1 Å². The van der Waals surface area contributed by atoms with Crippen molar-refractivity contribution in [1.29, 1.82) is 0 Å². The Hall–Kier alpha value is -4.08. The SMILES string of the molecule is CC(C)(CC(=O)O)NC(=O)c1ccncc1-n1cc(-c2cccc3[nH]ncc23)nn1. The number of nitrogens with zero attached hydrogens (tertiary/aromatic N) is 5. The van der Waals surface area contributed by atoms with E-state index in [0.29, 0.717) is 16.9 Å². The van der Waals surface area contributed by atoms with Crippen molar-refractivity contribution in [2.24, 2.45) is 0 Å². The molecule has 3 N–H and O–H groups in total. The van der Waals surface area contributed by atoms with Gasteiger partial charge in [0.05, 0.1) is 41.8 Å². The molecule has 0 unspecified atom stereocenters. The van der Waals surface area contributed by atoms with Crippen LogP contribution in [-0.2, 0) is 4.79 Å². The highest BCUT2D eigenvalue weighted by molar-refractivity contribution is 5.98. The quantitative estimate of drug-likeness (QED) is 0.447. The van der Waals surface area contributed by atoms with Crippen LogP contribution in [0.25, 0.3) is 27.8 Å². The van der Waals surface area contributed by atoms with E-state index in [4.69, 9.17) is 5.11 Å². The van der Waals surface area contributed by atoms with Crippen LogP contribution in [0.1, 0.15) is 30.6 Å². The number of carboxylic acids is 1. The number of carbonyl (C=O) groups is 2. The number of rotatable bonds is 6. The van der Waals surface area contributed by atoms with E-state index in [-0.39, 0.29) is 6.42 Å². The third-order valence-corrected chi connectivity index (χ3v) is 4.59. The smallest absolute Gasteiger partial charge is 0.305 e. The number of benzene rings is 1. The minimum absolute atomic E-state index is 0.207. The maximum absolute atomic E-state index is 12.8. The van der Waals surface area contributed by atoms with Gasteiger partial charge in [0.15, 0.2) is 0 Å². The van der Waals surface area contributed by atoms with Gasteiger partial charge in [-0.05, 0) is 26.0 Å². The zero-order valence-electron chi connectivity index (χ0n) is 16.3. The number of hydrogen-bond donors (Lipinski definition) is 3. The Bertz CT molecular complexity index is 1240. The zero-order chi connectivity index (χ0) is 21.3. The summed E-state index contributed by atoms with van der Waals surface area (Å²) in [5.41, 5.74) is 2.16. The van der Waals surface area contributed by atoms with Crippen molar-refractivity contribution in [3.63, 3.8) is 0 Å². The molecule has 0 aliphatic carbocycles. The second-order valence-electron chi connectivity index (χ2n) is 7.49. The fraction of sp³-hybridized carbons (Fsp3) is 0.200. The second kappa shape index (κ2) is 7.39. The third kappa shape index (κ3) is 3.75. The lowest BCUT2D eigenvalue weighted by molar-refractivity contribution is -0.138.